The first-order valence-corrected chi connectivity index (χ1v) is 10.7. The lowest BCUT2D eigenvalue weighted by Gasteiger charge is -2.27. The summed E-state index contributed by atoms with van der Waals surface area (Å²) in [6.45, 7) is 9.24. The van der Waals surface area contributed by atoms with Gasteiger partial charge in [0.2, 0.25) is 0 Å². The normalized spacial score (nSPS) is 10.8. The summed E-state index contributed by atoms with van der Waals surface area (Å²) in [5, 5.41) is 0. The molecule has 0 spiro atoms. The number of rotatable bonds is 15. The monoisotopic (exact) mass is 354 g/mol. The van der Waals surface area contributed by atoms with E-state index in [1.165, 1.54) is 96.3 Å². The zero-order valence-electron chi connectivity index (χ0n) is 17.5. The van der Waals surface area contributed by atoms with Gasteiger partial charge in [-0.25, -0.2) is 0 Å². The lowest BCUT2D eigenvalue weighted by atomic mass is 9.76. The maximum atomic E-state index is 3.76. The molecule has 0 radical (unpaired) electrons. The molecule has 0 heterocycles. The molecule has 0 aromatic heterocycles. The molecule has 0 saturated heterocycles. The SMILES string of the molecule is CCCCCCC#CC(CC)(CCCCCC)CCCCCC.P. The summed E-state index contributed by atoms with van der Waals surface area (Å²) in [4.78, 5) is 0. The molecule has 0 amide bonds. The van der Waals surface area contributed by atoms with Crippen LogP contribution in [0.25, 0.3) is 0 Å². The summed E-state index contributed by atoms with van der Waals surface area (Å²) in [5.74, 6) is 7.33. The molecule has 144 valence electrons. The van der Waals surface area contributed by atoms with E-state index in [4.69, 9.17) is 0 Å². The van der Waals surface area contributed by atoms with Crippen LogP contribution in [0.5, 0.6) is 0 Å². The molecule has 1 atom stereocenters. The van der Waals surface area contributed by atoms with E-state index in [0.717, 1.165) is 6.42 Å². The van der Waals surface area contributed by atoms with E-state index >= 15 is 0 Å². The van der Waals surface area contributed by atoms with Gasteiger partial charge < -0.3 is 0 Å². The van der Waals surface area contributed by atoms with Gasteiger partial charge in [0.15, 0.2) is 0 Å². The van der Waals surface area contributed by atoms with Crippen LogP contribution < -0.4 is 0 Å². The highest BCUT2D eigenvalue weighted by Gasteiger charge is 2.24. The Morgan fingerprint density at radius 1 is 0.583 bits per heavy atom. The minimum absolute atomic E-state index is 0. The Kier molecular flexibility index (Phi) is 21.1. The Bertz CT molecular complexity index is 285. The Balaban J connectivity index is 0. The Morgan fingerprint density at radius 2 is 1.04 bits per heavy atom. The first-order chi connectivity index (χ1) is 11.2. The molecule has 0 aromatic rings. The minimum atomic E-state index is 0. The van der Waals surface area contributed by atoms with Crippen LogP contribution in [-0.2, 0) is 0 Å². The van der Waals surface area contributed by atoms with E-state index in [-0.39, 0.29) is 9.90 Å². The molecule has 0 aliphatic rings. The summed E-state index contributed by atoms with van der Waals surface area (Å²) in [7, 11) is 0. The van der Waals surface area contributed by atoms with Crippen LogP contribution in [0, 0.1) is 17.3 Å². The molecule has 1 heteroatoms. The van der Waals surface area contributed by atoms with Crippen LogP contribution in [0.1, 0.15) is 130 Å². The highest BCUT2D eigenvalue weighted by atomic mass is 31.0. The summed E-state index contributed by atoms with van der Waals surface area (Å²) in [6.07, 6.45) is 21.3. The van der Waals surface area contributed by atoms with Crippen molar-refractivity contribution in [1.82, 2.24) is 0 Å². The van der Waals surface area contributed by atoms with Crippen LogP contribution in [0.4, 0.5) is 0 Å². The Hall–Kier alpha value is -0.0100. The molecule has 0 aliphatic carbocycles. The van der Waals surface area contributed by atoms with Crippen molar-refractivity contribution in [3.05, 3.63) is 0 Å². The fraction of sp³-hybridized carbons (Fsp3) is 0.913. The second kappa shape index (κ2) is 19.3. The van der Waals surface area contributed by atoms with Crippen LogP contribution in [0.3, 0.4) is 0 Å². The van der Waals surface area contributed by atoms with Crippen molar-refractivity contribution in [3.8, 4) is 11.8 Å². The second-order valence-corrected chi connectivity index (χ2v) is 7.37. The fourth-order valence-corrected chi connectivity index (χ4v) is 3.36. The number of unbranched alkanes of at least 4 members (excludes halogenated alkanes) is 10. The maximum Gasteiger partial charge on any atom is 0.0312 e. The maximum absolute atomic E-state index is 3.76. The van der Waals surface area contributed by atoms with Crippen LogP contribution >= 0.6 is 9.90 Å². The van der Waals surface area contributed by atoms with Crippen LogP contribution in [0.15, 0.2) is 0 Å². The summed E-state index contributed by atoms with van der Waals surface area (Å²) >= 11 is 0. The van der Waals surface area contributed by atoms with Gasteiger partial charge in [-0.3, -0.25) is 0 Å². The standard InChI is InChI=1S/C23H44.H3P/c1-5-9-12-15-16-19-22-23(8-4,20-17-13-10-6-2)21-18-14-11-7-3;/h5-18,20-21H2,1-4H3;1H3. The van der Waals surface area contributed by atoms with Crippen LogP contribution in [0.2, 0.25) is 0 Å². The quantitative estimate of drug-likeness (QED) is 0.157. The summed E-state index contributed by atoms with van der Waals surface area (Å²) in [5.41, 5.74) is 0.326. The van der Waals surface area contributed by atoms with E-state index in [0.29, 0.717) is 5.41 Å². The van der Waals surface area contributed by atoms with E-state index in [2.05, 4.69) is 39.5 Å². The van der Waals surface area contributed by atoms with Crippen molar-refractivity contribution in [2.24, 2.45) is 5.41 Å². The number of hydrogen-bond acceptors (Lipinski definition) is 0. The topological polar surface area (TPSA) is 0 Å². The molecule has 0 fully saturated rings. The van der Waals surface area contributed by atoms with Crippen molar-refractivity contribution in [3.63, 3.8) is 0 Å². The highest BCUT2D eigenvalue weighted by molar-refractivity contribution is 6.92. The van der Waals surface area contributed by atoms with E-state index < -0.39 is 0 Å². The third kappa shape index (κ3) is 14.3. The molecule has 0 rings (SSSR count). The van der Waals surface area contributed by atoms with Gasteiger partial charge in [-0.2, -0.15) is 9.90 Å². The molecule has 0 nitrogen and oxygen atoms in total. The van der Waals surface area contributed by atoms with Crippen molar-refractivity contribution in [1.29, 1.82) is 0 Å². The third-order valence-electron chi connectivity index (χ3n) is 5.20. The van der Waals surface area contributed by atoms with Gasteiger partial charge in [0.25, 0.3) is 0 Å². The van der Waals surface area contributed by atoms with Gasteiger partial charge in [0.05, 0.1) is 0 Å². The second-order valence-electron chi connectivity index (χ2n) is 7.37. The van der Waals surface area contributed by atoms with Crippen molar-refractivity contribution in [2.45, 2.75) is 130 Å². The van der Waals surface area contributed by atoms with Gasteiger partial charge in [-0.15, -0.1) is 5.92 Å². The van der Waals surface area contributed by atoms with Crippen molar-refractivity contribution >= 4 is 9.90 Å². The summed E-state index contributed by atoms with van der Waals surface area (Å²) in [6, 6.07) is 0. The molecule has 1 unspecified atom stereocenters. The fourth-order valence-electron chi connectivity index (χ4n) is 3.36. The van der Waals surface area contributed by atoms with Crippen molar-refractivity contribution in [2.75, 3.05) is 0 Å². The average Bonchev–Trinajstić information content (AvgIpc) is 2.58. The molecule has 0 N–H and O–H groups in total. The third-order valence-corrected chi connectivity index (χ3v) is 5.20. The molecule has 0 aliphatic heterocycles. The van der Waals surface area contributed by atoms with Gasteiger partial charge >= 0.3 is 0 Å². The average molecular weight is 355 g/mol. The zero-order valence-corrected chi connectivity index (χ0v) is 18.9. The van der Waals surface area contributed by atoms with E-state index in [1.807, 2.05) is 0 Å². The molecular formula is C23H47P. The lowest BCUT2D eigenvalue weighted by Crippen LogP contribution is -2.18. The molecule has 24 heavy (non-hydrogen) atoms. The Labute approximate surface area is 158 Å². The first kappa shape index (κ1) is 26.2. The van der Waals surface area contributed by atoms with Crippen molar-refractivity contribution < 1.29 is 0 Å². The van der Waals surface area contributed by atoms with Gasteiger partial charge in [-0.1, -0.05) is 104 Å². The predicted octanol–water partition coefficient (Wildman–Crippen LogP) is 8.36. The number of hydrogen-bond donors (Lipinski definition) is 0. The molecular weight excluding hydrogens is 307 g/mol. The van der Waals surface area contributed by atoms with Gasteiger partial charge in [0, 0.05) is 11.8 Å². The largest absolute Gasteiger partial charge is 0.153 e. The highest BCUT2D eigenvalue weighted by Crippen LogP contribution is 2.34. The first-order valence-electron chi connectivity index (χ1n) is 10.7. The molecule has 0 bridgehead atoms. The Morgan fingerprint density at radius 3 is 1.46 bits per heavy atom. The van der Waals surface area contributed by atoms with E-state index in [9.17, 15) is 0 Å². The molecule has 0 aromatic carbocycles. The summed E-state index contributed by atoms with van der Waals surface area (Å²) < 4.78 is 0. The smallest absolute Gasteiger partial charge is 0.0312 e. The van der Waals surface area contributed by atoms with E-state index in [1.54, 1.807) is 0 Å². The van der Waals surface area contributed by atoms with Gasteiger partial charge in [-0.05, 0) is 25.7 Å². The minimum Gasteiger partial charge on any atom is -0.153 e. The predicted molar refractivity (Wildman–Crippen MR) is 118 cm³/mol. The molecule has 0 saturated carbocycles. The lowest BCUT2D eigenvalue weighted by molar-refractivity contribution is 0.300. The van der Waals surface area contributed by atoms with Crippen LogP contribution in [-0.4, -0.2) is 0 Å². The van der Waals surface area contributed by atoms with Gasteiger partial charge in [0.1, 0.15) is 0 Å². The zero-order chi connectivity index (χ0) is 17.2.